The predicted octanol–water partition coefficient (Wildman–Crippen LogP) is 12.1. The van der Waals surface area contributed by atoms with Gasteiger partial charge in [-0.05, 0) is 42.8 Å². The van der Waals surface area contributed by atoms with Gasteiger partial charge in [-0.2, -0.15) is 25.3 Å². The maximum absolute atomic E-state index is 14.6. The topological polar surface area (TPSA) is 302 Å². The van der Waals surface area contributed by atoms with Crippen molar-refractivity contribution in [2.45, 2.75) is 85.8 Å². The second kappa shape index (κ2) is 21.8. The fourth-order valence-electron chi connectivity index (χ4n) is 8.02. The van der Waals surface area contributed by atoms with Gasteiger partial charge in [-0.15, -0.1) is 0 Å². The van der Waals surface area contributed by atoms with Crippen molar-refractivity contribution in [1.82, 2.24) is 0 Å². The number of unbranched alkanes of at least 4 members (excludes halogenated alkanes) is 9. The number of phenols is 3. The van der Waals surface area contributed by atoms with E-state index in [1.165, 1.54) is 61.4 Å². The van der Waals surface area contributed by atoms with Gasteiger partial charge in [0, 0.05) is 62.6 Å². The number of carbonyl (C=O) groups excluding carboxylic acids is 1. The molecule has 0 aliphatic carbocycles. The number of diazo groups is 3. The summed E-state index contributed by atoms with van der Waals surface area (Å²) in [6, 6.07) is 18.9. The van der Waals surface area contributed by atoms with Gasteiger partial charge in [0.25, 0.3) is 0 Å². The highest BCUT2D eigenvalue weighted by Gasteiger charge is 2.35. The predicted molar refractivity (Wildman–Crippen MR) is 263 cm³/mol. The number of carbonyl (C=O) groups is 1. The van der Waals surface area contributed by atoms with Gasteiger partial charge >= 0.3 is 53.4 Å². The van der Waals surface area contributed by atoms with Gasteiger partial charge in [-0.1, -0.05) is 101 Å². The van der Waals surface area contributed by atoms with Crippen LogP contribution in [0.5, 0.6) is 34.5 Å². The van der Waals surface area contributed by atoms with Crippen molar-refractivity contribution in [2.75, 3.05) is 6.61 Å². The molecule has 0 unspecified atom stereocenters. The van der Waals surface area contributed by atoms with E-state index in [9.17, 15) is 61.5 Å². The Morgan fingerprint density at radius 2 is 0.819 bits per heavy atom. The van der Waals surface area contributed by atoms with E-state index in [-0.39, 0.29) is 56.0 Å². The molecule has 0 saturated heterocycles. The summed E-state index contributed by atoms with van der Waals surface area (Å²) < 4.78 is 109. The molecule has 7 aromatic rings. The maximum Gasteiger partial charge on any atom is 0.426 e. The first-order chi connectivity index (χ1) is 34.5. The lowest BCUT2D eigenvalue weighted by Gasteiger charge is -2.19. The monoisotopic (exact) mass is 1040 g/mol. The Kier molecular flexibility index (Phi) is 15.6. The van der Waals surface area contributed by atoms with E-state index in [1.807, 2.05) is 0 Å². The van der Waals surface area contributed by atoms with E-state index >= 15 is 0 Å². The number of hydrogen-bond acceptors (Lipinski definition) is 17. The van der Waals surface area contributed by atoms with E-state index in [4.69, 9.17) is 17.3 Å². The molecule has 0 saturated carbocycles. The highest BCUT2D eigenvalue weighted by molar-refractivity contribution is 7.88. The van der Waals surface area contributed by atoms with Gasteiger partial charge in [0.15, 0.2) is 26.4 Å². The molecule has 0 heterocycles. The summed E-state index contributed by atoms with van der Waals surface area (Å²) in [6.45, 7) is 2.02. The molecule has 0 aliphatic heterocycles. The lowest BCUT2D eigenvalue weighted by molar-refractivity contribution is 0.0497. The lowest BCUT2D eigenvalue weighted by atomic mass is 10.1. The molecule has 23 heteroatoms. The largest absolute Gasteiger partial charge is 0.501 e. The molecule has 0 fully saturated rings. The number of hydrogen-bond donors (Lipinski definition) is 3. The normalized spacial score (nSPS) is 11.7. The van der Waals surface area contributed by atoms with Crippen molar-refractivity contribution in [3.63, 3.8) is 0 Å². The summed E-state index contributed by atoms with van der Waals surface area (Å²) in [4.78, 5) is 20.9. The van der Waals surface area contributed by atoms with Gasteiger partial charge in [-0.25, -0.2) is 4.79 Å². The summed E-state index contributed by atoms with van der Waals surface area (Å²) >= 11 is 0. The first-order valence-corrected chi connectivity index (χ1v) is 26.7. The molecule has 7 rings (SSSR count). The average molecular weight is 1040 g/mol. The number of phenolic OH excluding ortho intramolecular Hbond substituents is 3. The Bertz CT molecular complexity index is 3600. The molecule has 20 nitrogen and oxygen atoms in total. The van der Waals surface area contributed by atoms with Crippen LogP contribution in [0.25, 0.3) is 47.2 Å². The van der Waals surface area contributed by atoms with E-state index < -0.39 is 91.1 Å². The Hall–Kier alpha value is -8.30. The van der Waals surface area contributed by atoms with Gasteiger partial charge < -0.3 is 32.6 Å². The van der Waals surface area contributed by atoms with E-state index in [2.05, 4.69) is 21.9 Å². The highest BCUT2D eigenvalue weighted by Crippen LogP contribution is 2.47. The highest BCUT2D eigenvalue weighted by atomic mass is 32.2. The number of benzene rings is 7. The van der Waals surface area contributed by atoms with E-state index in [0.717, 1.165) is 93.1 Å². The van der Waals surface area contributed by atoms with Crippen LogP contribution < -0.4 is 12.5 Å². The minimum atomic E-state index is -5.33. The SMILES string of the molecule is CCCCCCCCCCCCOC(=O)c1cc(OS(=O)(=O)c2cccc3c(O)c([N+]#N)ccc23)c(OS(=O)(=O)c2cccc3c(O)c([N+]#N)ccc23)c(OS(=O)(=O)c2cccc3c(O)c([N+]#N)ccc23)c1. The molecule has 0 atom stereocenters. The molecular weight excluding hydrogens is 993 g/mol. The van der Waals surface area contributed by atoms with Crippen molar-refractivity contribution in [1.29, 1.82) is 16.2 Å². The molecule has 0 amide bonds. The lowest BCUT2D eigenvalue weighted by Crippen LogP contribution is -2.18. The zero-order chi connectivity index (χ0) is 51.8. The summed E-state index contributed by atoms with van der Waals surface area (Å²) in [7, 11) is -15.9. The third-order valence-corrected chi connectivity index (χ3v) is 15.5. The Morgan fingerprint density at radius 3 is 1.18 bits per heavy atom. The second-order valence-corrected chi connectivity index (χ2v) is 20.9. The molecular formula is C49H45N6O14S3+3. The van der Waals surface area contributed by atoms with Gasteiger partial charge in [-0.3, -0.25) is 0 Å². The third-order valence-electron chi connectivity index (χ3n) is 11.6. The number of rotatable bonds is 21. The van der Waals surface area contributed by atoms with Gasteiger partial charge in [0.1, 0.15) is 14.7 Å². The molecule has 0 spiro atoms. The van der Waals surface area contributed by atoms with Crippen molar-refractivity contribution in [3.05, 3.63) is 124 Å². The van der Waals surface area contributed by atoms with Crippen LogP contribution in [0.4, 0.5) is 17.1 Å². The molecule has 0 aromatic heterocycles. The summed E-state index contributed by atoms with van der Waals surface area (Å²) in [5.74, 6) is -6.54. The summed E-state index contributed by atoms with van der Waals surface area (Å²) in [5, 5.41) is 59.6. The first-order valence-electron chi connectivity index (χ1n) is 22.4. The van der Waals surface area contributed by atoms with Crippen LogP contribution >= 0.6 is 0 Å². The third kappa shape index (κ3) is 10.9. The van der Waals surface area contributed by atoms with E-state index in [1.54, 1.807) is 0 Å². The fourth-order valence-corrected chi connectivity index (χ4v) is 11.5. The maximum atomic E-state index is 14.6. The van der Waals surface area contributed by atoms with Crippen LogP contribution in [0.2, 0.25) is 0 Å². The minimum Gasteiger partial charge on any atom is -0.501 e. The molecule has 7 aromatic carbocycles. The van der Waals surface area contributed by atoms with Crippen LogP contribution in [0, 0.1) is 16.2 Å². The second-order valence-electron chi connectivity index (χ2n) is 16.4. The van der Waals surface area contributed by atoms with Gasteiger partial charge in [0.05, 0.1) is 12.2 Å². The van der Waals surface area contributed by atoms with E-state index in [0.29, 0.717) is 12.8 Å². The fraction of sp³-hybridized carbons (Fsp3) is 0.245. The summed E-state index contributed by atoms with van der Waals surface area (Å²) in [6.07, 6.45) is 9.76. The van der Waals surface area contributed by atoms with Crippen LogP contribution in [0.15, 0.2) is 118 Å². The van der Waals surface area contributed by atoms with Gasteiger partial charge in [0.2, 0.25) is 39.2 Å². The summed E-state index contributed by atoms with van der Waals surface area (Å²) in [5.41, 5.74) is -1.57. The number of esters is 1. The first kappa shape index (κ1) is 51.5. The number of aromatic hydroxyl groups is 3. The number of nitrogens with zero attached hydrogens (tertiary/aromatic N) is 6. The van der Waals surface area contributed by atoms with Crippen LogP contribution in [0.3, 0.4) is 0 Å². The van der Waals surface area contributed by atoms with Crippen LogP contribution in [-0.2, 0) is 35.1 Å². The molecule has 3 N–H and O–H groups in total. The Labute approximate surface area is 413 Å². The van der Waals surface area contributed by atoms with Crippen molar-refractivity contribution in [3.8, 4) is 34.5 Å². The molecule has 72 heavy (non-hydrogen) atoms. The Morgan fingerprint density at radius 1 is 0.472 bits per heavy atom. The molecule has 370 valence electrons. The molecule has 0 bridgehead atoms. The number of ether oxygens (including phenoxy) is 1. The Balaban J connectivity index is 1.37. The number of fused-ring (bicyclic) bond motifs is 3. The standard InChI is InChI=1S/C49H42N6O14S3/c1-2-3-4-5-6-7-8-9-10-11-27-66-49(59)30-28-40(67-70(60,61)42-18-12-15-34-31(42)21-24-37(53-50)45(34)56)48(69-72(64,65)44-20-14-17-36-33(44)23-26-39(55-52)47(36)58)41(29-30)68-71(62,63)43-19-13-16-35-32(43)22-25-38(54-51)46(35)57/h12-26,28-29H,2-11,27H2,1H3/p+3. The van der Waals surface area contributed by atoms with Crippen LogP contribution in [0.1, 0.15) is 81.5 Å². The smallest absolute Gasteiger partial charge is 0.426 e. The van der Waals surface area contributed by atoms with Crippen molar-refractivity contribution in [2.24, 2.45) is 0 Å². The average Bonchev–Trinajstić information content (AvgIpc) is 3.36. The quantitative estimate of drug-likeness (QED) is 0.0261. The van der Waals surface area contributed by atoms with Crippen LogP contribution in [-0.4, -0.2) is 53.1 Å². The minimum absolute atomic E-state index is 0.132. The van der Waals surface area contributed by atoms with Crippen molar-refractivity contribution < 1.29 is 62.7 Å². The van der Waals surface area contributed by atoms with Crippen molar-refractivity contribution >= 4 is 85.7 Å². The zero-order valence-electron chi connectivity index (χ0n) is 38.3. The molecule has 0 aliphatic rings. The molecule has 0 radical (unpaired) electrons. The zero-order valence-corrected chi connectivity index (χ0v) is 40.8.